The normalized spacial score (nSPS) is 13.0. The maximum Gasteiger partial charge on any atom is 0.0534 e. The highest BCUT2D eigenvalue weighted by atomic mass is 15.3. The van der Waals surface area contributed by atoms with E-state index < -0.39 is 0 Å². The molecule has 0 radical (unpaired) electrons. The van der Waals surface area contributed by atoms with E-state index in [1.807, 2.05) is 6.20 Å². The fourth-order valence-electron chi connectivity index (χ4n) is 1.77. The number of aromatic nitrogens is 2. The Balaban J connectivity index is 2.38. The standard InChI is InChI=1S/C12H23N3/c1-4-6-11(3)9-15-10-12(8-14-15)7-13-5-2/h8,10-11,13H,4-7,9H2,1-3H3. The zero-order valence-corrected chi connectivity index (χ0v) is 10.2. The Bertz CT molecular complexity index is 268. The number of hydrogen-bond donors (Lipinski definition) is 1. The van der Waals surface area contributed by atoms with Gasteiger partial charge in [0.15, 0.2) is 0 Å². The molecule has 15 heavy (non-hydrogen) atoms. The molecule has 0 amide bonds. The lowest BCUT2D eigenvalue weighted by molar-refractivity contribution is 0.420. The molecule has 0 fully saturated rings. The fourth-order valence-corrected chi connectivity index (χ4v) is 1.77. The lowest BCUT2D eigenvalue weighted by Crippen LogP contribution is -2.11. The first kappa shape index (κ1) is 12.2. The van der Waals surface area contributed by atoms with Crippen LogP contribution in [0.3, 0.4) is 0 Å². The summed E-state index contributed by atoms with van der Waals surface area (Å²) >= 11 is 0. The van der Waals surface area contributed by atoms with Gasteiger partial charge in [-0.2, -0.15) is 5.10 Å². The van der Waals surface area contributed by atoms with E-state index in [1.54, 1.807) is 0 Å². The van der Waals surface area contributed by atoms with Gasteiger partial charge in [0.05, 0.1) is 6.20 Å². The molecule has 1 heterocycles. The molecule has 0 aromatic carbocycles. The summed E-state index contributed by atoms with van der Waals surface area (Å²) in [6.07, 6.45) is 6.64. The molecule has 0 aliphatic heterocycles. The van der Waals surface area contributed by atoms with Crippen LogP contribution in [-0.4, -0.2) is 16.3 Å². The van der Waals surface area contributed by atoms with Crippen LogP contribution in [0.25, 0.3) is 0 Å². The molecule has 1 atom stereocenters. The second kappa shape index (κ2) is 6.62. The fraction of sp³-hybridized carbons (Fsp3) is 0.750. The molecule has 3 nitrogen and oxygen atoms in total. The van der Waals surface area contributed by atoms with Crippen molar-refractivity contribution >= 4 is 0 Å². The topological polar surface area (TPSA) is 29.9 Å². The molecule has 1 unspecified atom stereocenters. The highest BCUT2D eigenvalue weighted by molar-refractivity contribution is 5.03. The smallest absolute Gasteiger partial charge is 0.0534 e. The van der Waals surface area contributed by atoms with Crippen LogP contribution in [0.2, 0.25) is 0 Å². The van der Waals surface area contributed by atoms with Crippen LogP contribution in [0.1, 0.15) is 39.2 Å². The van der Waals surface area contributed by atoms with E-state index in [4.69, 9.17) is 0 Å². The largest absolute Gasteiger partial charge is 0.313 e. The maximum absolute atomic E-state index is 4.37. The summed E-state index contributed by atoms with van der Waals surface area (Å²) in [5.74, 6) is 0.724. The molecule has 1 aromatic rings. The summed E-state index contributed by atoms with van der Waals surface area (Å²) in [5, 5.41) is 7.67. The number of hydrogen-bond acceptors (Lipinski definition) is 2. The number of nitrogens with one attached hydrogen (secondary N) is 1. The highest BCUT2D eigenvalue weighted by Gasteiger charge is 2.03. The van der Waals surface area contributed by atoms with E-state index in [1.165, 1.54) is 18.4 Å². The molecule has 0 spiro atoms. The summed E-state index contributed by atoms with van der Waals surface area (Å²) in [5.41, 5.74) is 1.28. The summed E-state index contributed by atoms with van der Waals surface area (Å²) in [4.78, 5) is 0. The molecule has 86 valence electrons. The molecule has 3 heteroatoms. The van der Waals surface area contributed by atoms with Gasteiger partial charge in [-0.3, -0.25) is 4.68 Å². The van der Waals surface area contributed by atoms with Crippen molar-refractivity contribution in [3.8, 4) is 0 Å². The van der Waals surface area contributed by atoms with Gasteiger partial charge in [0, 0.05) is 24.8 Å². The SMILES string of the molecule is CCCC(C)Cn1cc(CNCC)cn1. The number of nitrogens with zero attached hydrogens (tertiary/aromatic N) is 2. The second-order valence-corrected chi connectivity index (χ2v) is 4.24. The molecular weight excluding hydrogens is 186 g/mol. The quantitative estimate of drug-likeness (QED) is 0.747. The first-order valence-electron chi connectivity index (χ1n) is 5.98. The van der Waals surface area contributed by atoms with Crippen LogP contribution in [0.5, 0.6) is 0 Å². The van der Waals surface area contributed by atoms with Crippen LogP contribution in [0, 0.1) is 5.92 Å². The van der Waals surface area contributed by atoms with Crippen LogP contribution in [0.4, 0.5) is 0 Å². The Hall–Kier alpha value is -0.830. The maximum atomic E-state index is 4.37. The molecular formula is C12H23N3. The Kier molecular flexibility index (Phi) is 5.40. The monoisotopic (exact) mass is 209 g/mol. The van der Waals surface area contributed by atoms with E-state index >= 15 is 0 Å². The predicted octanol–water partition coefficient (Wildman–Crippen LogP) is 2.43. The zero-order chi connectivity index (χ0) is 11.1. The zero-order valence-electron chi connectivity index (χ0n) is 10.2. The molecule has 0 aliphatic rings. The Morgan fingerprint density at radius 3 is 2.93 bits per heavy atom. The summed E-state index contributed by atoms with van der Waals surface area (Å²) < 4.78 is 2.06. The Labute approximate surface area is 92.9 Å². The third-order valence-electron chi connectivity index (χ3n) is 2.55. The van der Waals surface area contributed by atoms with E-state index in [-0.39, 0.29) is 0 Å². The average molecular weight is 209 g/mol. The van der Waals surface area contributed by atoms with Crippen molar-refractivity contribution in [1.82, 2.24) is 15.1 Å². The van der Waals surface area contributed by atoms with E-state index in [0.717, 1.165) is 25.6 Å². The van der Waals surface area contributed by atoms with E-state index in [0.29, 0.717) is 0 Å². The minimum absolute atomic E-state index is 0.724. The van der Waals surface area contributed by atoms with Gasteiger partial charge in [-0.05, 0) is 18.9 Å². The van der Waals surface area contributed by atoms with Crippen LogP contribution >= 0.6 is 0 Å². The molecule has 1 rings (SSSR count). The molecule has 0 bridgehead atoms. The summed E-state index contributed by atoms with van der Waals surface area (Å²) in [6, 6.07) is 0. The average Bonchev–Trinajstić information content (AvgIpc) is 2.63. The van der Waals surface area contributed by atoms with Gasteiger partial charge < -0.3 is 5.32 Å². The van der Waals surface area contributed by atoms with Crippen molar-refractivity contribution in [3.63, 3.8) is 0 Å². The Morgan fingerprint density at radius 2 is 2.27 bits per heavy atom. The van der Waals surface area contributed by atoms with Crippen LogP contribution in [-0.2, 0) is 13.1 Å². The van der Waals surface area contributed by atoms with Gasteiger partial charge in [0.25, 0.3) is 0 Å². The van der Waals surface area contributed by atoms with Gasteiger partial charge in [0.2, 0.25) is 0 Å². The van der Waals surface area contributed by atoms with Gasteiger partial charge in [0.1, 0.15) is 0 Å². The lowest BCUT2D eigenvalue weighted by atomic mass is 10.1. The Morgan fingerprint density at radius 1 is 1.47 bits per heavy atom. The molecule has 1 aromatic heterocycles. The van der Waals surface area contributed by atoms with E-state index in [9.17, 15) is 0 Å². The van der Waals surface area contributed by atoms with Crippen LogP contribution in [0.15, 0.2) is 12.4 Å². The van der Waals surface area contributed by atoms with Crippen molar-refractivity contribution in [2.75, 3.05) is 6.54 Å². The first-order chi connectivity index (χ1) is 7.26. The van der Waals surface area contributed by atoms with Gasteiger partial charge in [-0.15, -0.1) is 0 Å². The van der Waals surface area contributed by atoms with Crippen LogP contribution < -0.4 is 5.32 Å². The molecule has 1 N–H and O–H groups in total. The summed E-state index contributed by atoms with van der Waals surface area (Å²) in [6.45, 7) is 9.62. The van der Waals surface area contributed by atoms with Gasteiger partial charge in [-0.1, -0.05) is 27.2 Å². The second-order valence-electron chi connectivity index (χ2n) is 4.24. The third-order valence-corrected chi connectivity index (χ3v) is 2.55. The molecule has 0 aliphatic carbocycles. The third kappa shape index (κ3) is 4.47. The van der Waals surface area contributed by atoms with Crippen molar-refractivity contribution in [2.45, 2.75) is 46.7 Å². The minimum Gasteiger partial charge on any atom is -0.313 e. The van der Waals surface area contributed by atoms with Crippen molar-refractivity contribution in [3.05, 3.63) is 18.0 Å². The lowest BCUT2D eigenvalue weighted by Gasteiger charge is -2.09. The van der Waals surface area contributed by atoms with E-state index in [2.05, 4.69) is 42.1 Å². The number of rotatable bonds is 7. The summed E-state index contributed by atoms with van der Waals surface area (Å²) in [7, 11) is 0. The highest BCUT2D eigenvalue weighted by Crippen LogP contribution is 2.08. The van der Waals surface area contributed by atoms with Crippen molar-refractivity contribution in [2.24, 2.45) is 5.92 Å². The van der Waals surface area contributed by atoms with Crippen molar-refractivity contribution < 1.29 is 0 Å². The van der Waals surface area contributed by atoms with Gasteiger partial charge in [-0.25, -0.2) is 0 Å². The molecule has 0 saturated heterocycles. The predicted molar refractivity (Wildman–Crippen MR) is 63.7 cm³/mol. The first-order valence-corrected chi connectivity index (χ1v) is 5.98. The van der Waals surface area contributed by atoms with Crippen molar-refractivity contribution in [1.29, 1.82) is 0 Å². The molecule has 0 saturated carbocycles. The minimum atomic E-state index is 0.724. The van der Waals surface area contributed by atoms with Gasteiger partial charge >= 0.3 is 0 Å².